The van der Waals surface area contributed by atoms with Gasteiger partial charge in [-0.3, -0.25) is 0 Å². The van der Waals surface area contributed by atoms with Gasteiger partial charge in [-0.1, -0.05) is 0 Å². The molecule has 0 spiro atoms. The standard InChI is InChI=1S/C18H30N4O3/c1-5-19-18(21-12-16-13-22(2)8-9-25-16)20-11-14-6-7-15(23-3)10-17(14)24-4/h6-7,10,16H,5,8-9,11-13H2,1-4H3,(H2,19,20,21). The Balaban J connectivity index is 1.96. The second-order valence-corrected chi connectivity index (χ2v) is 6.01. The van der Waals surface area contributed by atoms with E-state index < -0.39 is 0 Å². The van der Waals surface area contributed by atoms with Crippen molar-refractivity contribution >= 4 is 5.96 Å². The molecule has 0 bridgehead atoms. The minimum Gasteiger partial charge on any atom is -0.497 e. The van der Waals surface area contributed by atoms with Gasteiger partial charge in [-0.05, 0) is 26.1 Å². The zero-order valence-electron chi connectivity index (χ0n) is 15.7. The first-order valence-electron chi connectivity index (χ1n) is 8.69. The van der Waals surface area contributed by atoms with E-state index >= 15 is 0 Å². The highest BCUT2D eigenvalue weighted by Gasteiger charge is 2.17. The van der Waals surface area contributed by atoms with Crippen LogP contribution in [0.25, 0.3) is 0 Å². The zero-order chi connectivity index (χ0) is 18.1. The van der Waals surface area contributed by atoms with Gasteiger partial charge in [0.1, 0.15) is 11.5 Å². The highest BCUT2D eigenvalue weighted by atomic mass is 16.5. The van der Waals surface area contributed by atoms with Crippen LogP contribution in [0.5, 0.6) is 11.5 Å². The molecular weight excluding hydrogens is 320 g/mol. The number of guanidine groups is 1. The van der Waals surface area contributed by atoms with Gasteiger partial charge in [0.25, 0.3) is 0 Å². The third-order valence-electron chi connectivity index (χ3n) is 4.09. The average molecular weight is 350 g/mol. The smallest absolute Gasteiger partial charge is 0.191 e. The minimum atomic E-state index is 0.179. The summed E-state index contributed by atoms with van der Waals surface area (Å²) in [6.45, 7) is 6.80. The highest BCUT2D eigenvalue weighted by Crippen LogP contribution is 2.25. The fourth-order valence-corrected chi connectivity index (χ4v) is 2.69. The van der Waals surface area contributed by atoms with Crippen LogP contribution in [0.3, 0.4) is 0 Å². The molecule has 1 aromatic rings. The molecule has 1 saturated heterocycles. The summed E-state index contributed by atoms with van der Waals surface area (Å²) in [6.07, 6.45) is 0.179. The number of nitrogens with one attached hydrogen (secondary N) is 2. The zero-order valence-corrected chi connectivity index (χ0v) is 15.7. The van der Waals surface area contributed by atoms with Gasteiger partial charge in [-0.25, -0.2) is 4.99 Å². The van der Waals surface area contributed by atoms with Crippen LogP contribution < -0.4 is 20.1 Å². The number of ether oxygens (including phenoxy) is 3. The van der Waals surface area contributed by atoms with Crippen molar-refractivity contribution in [2.24, 2.45) is 4.99 Å². The van der Waals surface area contributed by atoms with Crippen molar-refractivity contribution in [3.63, 3.8) is 0 Å². The average Bonchev–Trinajstić information content (AvgIpc) is 2.64. The van der Waals surface area contributed by atoms with Crippen molar-refractivity contribution in [3.8, 4) is 11.5 Å². The molecule has 1 aliphatic rings. The fraction of sp³-hybridized carbons (Fsp3) is 0.611. The molecule has 7 heteroatoms. The van der Waals surface area contributed by atoms with Crippen LogP contribution in [0.15, 0.2) is 23.2 Å². The molecule has 1 heterocycles. The fourth-order valence-electron chi connectivity index (χ4n) is 2.69. The van der Waals surface area contributed by atoms with Crippen molar-refractivity contribution in [2.45, 2.75) is 19.6 Å². The van der Waals surface area contributed by atoms with Crippen molar-refractivity contribution < 1.29 is 14.2 Å². The van der Waals surface area contributed by atoms with E-state index in [-0.39, 0.29) is 6.10 Å². The molecule has 1 fully saturated rings. The minimum absolute atomic E-state index is 0.179. The molecule has 0 aromatic heterocycles. The maximum atomic E-state index is 5.78. The lowest BCUT2D eigenvalue weighted by atomic mass is 10.2. The molecule has 0 amide bonds. The van der Waals surface area contributed by atoms with E-state index in [1.165, 1.54) is 0 Å². The molecule has 25 heavy (non-hydrogen) atoms. The maximum Gasteiger partial charge on any atom is 0.191 e. The summed E-state index contributed by atoms with van der Waals surface area (Å²) in [6, 6.07) is 5.76. The van der Waals surface area contributed by atoms with Crippen LogP contribution in [0.4, 0.5) is 0 Å². The largest absolute Gasteiger partial charge is 0.497 e. The van der Waals surface area contributed by atoms with Gasteiger partial charge in [-0.15, -0.1) is 0 Å². The summed E-state index contributed by atoms with van der Waals surface area (Å²) < 4.78 is 16.4. The number of likely N-dealkylation sites (N-methyl/N-ethyl adjacent to an activating group) is 1. The molecule has 2 N–H and O–H groups in total. The lowest BCUT2D eigenvalue weighted by Crippen LogP contribution is -2.48. The van der Waals surface area contributed by atoms with E-state index in [0.717, 1.165) is 55.8 Å². The Kier molecular flexibility index (Phi) is 7.81. The number of aliphatic imine (C=N–C) groups is 1. The number of rotatable bonds is 7. The molecule has 1 aromatic carbocycles. The molecule has 1 atom stereocenters. The van der Waals surface area contributed by atoms with Crippen molar-refractivity contribution in [2.75, 3.05) is 54.1 Å². The van der Waals surface area contributed by atoms with Crippen LogP contribution in [0, 0.1) is 0 Å². The quantitative estimate of drug-likeness (QED) is 0.567. The number of nitrogens with zero attached hydrogens (tertiary/aromatic N) is 2. The Morgan fingerprint density at radius 3 is 2.84 bits per heavy atom. The molecular formula is C18H30N4O3. The Labute approximate surface area is 150 Å². The Hall–Kier alpha value is -1.99. The van der Waals surface area contributed by atoms with Crippen LogP contribution in [-0.4, -0.2) is 71.0 Å². The summed E-state index contributed by atoms with van der Waals surface area (Å²) >= 11 is 0. The number of benzene rings is 1. The lowest BCUT2D eigenvalue weighted by Gasteiger charge is -2.30. The molecule has 1 unspecified atom stereocenters. The molecule has 0 radical (unpaired) electrons. The van der Waals surface area contributed by atoms with E-state index in [4.69, 9.17) is 14.2 Å². The molecule has 7 nitrogen and oxygen atoms in total. The maximum absolute atomic E-state index is 5.78. The van der Waals surface area contributed by atoms with E-state index in [9.17, 15) is 0 Å². The lowest BCUT2D eigenvalue weighted by molar-refractivity contribution is -0.0161. The van der Waals surface area contributed by atoms with Crippen molar-refractivity contribution in [3.05, 3.63) is 23.8 Å². The molecule has 140 valence electrons. The summed E-state index contributed by atoms with van der Waals surface area (Å²) in [5, 5.41) is 6.63. The Morgan fingerprint density at radius 2 is 2.16 bits per heavy atom. The van der Waals surface area contributed by atoms with Gasteiger partial charge in [0, 0.05) is 37.8 Å². The summed E-state index contributed by atoms with van der Waals surface area (Å²) in [5.74, 6) is 2.32. The first-order valence-corrected chi connectivity index (χ1v) is 8.69. The van der Waals surface area contributed by atoms with Gasteiger partial charge in [0.05, 0.1) is 33.5 Å². The number of morpholine rings is 1. The van der Waals surface area contributed by atoms with E-state index in [1.54, 1.807) is 14.2 Å². The van der Waals surface area contributed by atoms with Crippen LogP contribution in [0.1, 0.15) is 12.5 Å². The van der Waals surface area contributed by atoms with Gasteiger partial charge in [-0.2, -0.15) is 0 Å². The molecule has 2 rings (SSSR count). The molecule has 0 saturated carbocycles. The highest BCUT2D eigenvalue weighted by molar-refractivity contribution is 5.79. The summed E-state index contributed by atoms with van der Waals surface area (Å²) in [5.41, 5.74) is 1.01. The van der Waals surface area contributed by atoms with Crippen LogP contribution >= 0.6 is 0 Å². The third-order valence-corrected chi connectivity index (χ3v) is 4.09. The second-order valence-electron chi connectivity index (χ2n) is 6.01. The van der Waals surface area contributed by atoms with Crippen molar-refractivity contribution in [1.82, 2.24) is 15.5 Å². The van der Waals surface area contributed by atoms with Crippen LogP contribution in [-0.2, 0) is 11.3 Å². The normalized spacial score (nSPS) is 18.7. The Morgan fingerprint density at radius 1 is 1.32 bits per heavy atom. The molecule has 0 aliphatic carbocycles. The number of methoxy groups -OCH3 is 2. The summed E-state index contributed by atoms with van der Waals surface area (Å²) in [4.78, 5) is 6.94. The predicted octanol–water partition coefficient (Wildman–Crippen LogP) is 1.09. The monoisotopic (exact) mass is 350 g/mol. The predicted molar refractivity (Wildman–Crippen MR) is 99.6 cm³/mol. The Bertz CT molecular complexity index is 565. The van der Waals surface area contributed by atoms with Gasteiger partial charge in [0.2, 0.25) is 0 Å². The first-order chi connectivity index (χ1) is 12.2. The molecule has 1 aliphatic heterocycles. The van der Waals surface area contributed by atoms with Crippen LogP contribution in [0.2, 0.25) is 0 Å². The summed E-state index contributed by atoms with van der Waals surface area (Å²) in [7, 11) is 5.41. The van der Waals surface area contributed by atoms with Gasteiger partial charge in [0.15, 0.2) is 5.96 Å². The second kappa shape index (κ2) is 10.1. The number of hydrogen-bond donors (Lipinski definition) is 2. The first kappa shape index (κ1) is 19.3. The van der Waals surface area contributed by atoms with E-state index in [1.807, 2.05) is 18.2 Å². The van der Waals surface area contributed by atoms with Gasteiger partial charge < -0.3 is 29.7 Å². The van der Waals surface area contributed by atoms with Gasteiger partial charge >= 0.3 is 0 Å². The van der Waals surface area contributed by atoms with E-state index in [2.05, 4.69) is 34.5 Å². The third kappa shape index (κ3) is 6.10. The van der Waals surface area contributed by atoms with E-state index in [0.29, 0.717) is 6.54 Å². The topological polar surface area (TPSA) is 67.4 Å². The van der Waals surface area contributed by atoms with Crippen molar-refractivity contribution in [1.29, 1.82) is 0 Å². The number of hydrogen-bond acceptors (Lipinski definition) is 5. The SMILES string of the molecule is CCNC(=NCc1ccc(OC)cc1OC)NCC1CN(C)CCO1.